The summed E-state index contributed by atoms with van der Waals surface area (Å²) in [5.74, 6) is 1.39. The van der Waals surface area contributed by atoms with Crippen LogP contribution in [0.5, 0.6) is 0 Å². The minimum absolute atomic E-state index is 0.0474. The van der Waals surface area contributed by atoms with Crippen molar-refractivity contribution in [1.29, 1.82) is 0 Å². The lowest BCUT2D eigenvalue weighted by Crippen LogP contribution is -2.28. The van der Waals surface area contributed by atoms with Crippen LogP contribution in [-0.4, -0.2) is 21.1 Å². The van der Waals surface area contributed by atoms with Crippen molar-refractivity contribution >= 4 is 17.4 Å². The lowest BCUT2D eigenvalue weighted by atomic mass is 10.1. The largest absolute Gasteiger partial charge is 0.337 e. The summed E-state index contributed by atoms with van der Waals surface area (Å²) in [5, 5.41) is 19.9. The summed E-state index contributed by atoms with van der Waals surface area (Å²) in [6.07, 6.45) is 2.14. The van der Waals surface area contributed by atoms with E-state index < -0.39 is 11.0 Å². The Hall–Kier alpha value is -2.97. The Bertz CT molecular complexity index is 753. The van der Waals surface area contributed by atoms with Gasteiger partial charge in [-0.2, -0.15) is 4.98 Å². The maximum absolute atomic E-state index is 11.9. The van der Waals surface area contributed by atoms with Gasteiger partial charge in [0.1, 0.15) is 0 Å². The Balaban J connectivity index is 1.58. The third kappa shape index (κ3) is 3.44. The van der Waals surface area contributed by atoms with Crippen LogP contribution in [0.4, 0.5) is 16.2 Å². The molecule has 120 valence electrons. The first kappa shape index (κ1) is 14.9. The van der Waals surface area contributed by atoms with E-state index in [1.807, 2.05) is 0 Å². The van der Waals surface area contributed by atoms with Crippen molar-refractivity contribution in [3.05, 3.63) is 45.6 Å². The molecule has 9 nitrogen and oxygen atoms in total. The highest BCUT2D eigenvalue weighted by Gasteiger charge is 2.28. The number of nitro benzene ring substituents is 1. The summed E-state index contributed by atoms with van der Waals surface area (Å²) < 4.78 is 5.05. The highest BCUT2D eigenvalue weighted by atomic mass is 16.6. The van der Waals surface area contributed by atoms with Gasteiger partial charge in [0.15, 0.2) is 5.82 Å². The number of carbonyl (C=O) groups is 1. The standard InChI is InChI=1S/C14H15N5O4/c1-8-10(3-2-4-11(8)19(21)22)16-14(20)15-7-12-17-13(18-23-12)9-5-6-9/h2-4,9H,5-7H2,1H3,(H2,15,16,20). The van der Waals surface area contributed by atoms with Gasteiger partial charge < -0.3 is 15.2 Å². The van der Waals surface area contributed by atoms with Gasteiger partial charge >= 0.3 is 6.03 Å². The van der Waals surface area contributed by atoms with Gasteiger partial charge in [-0.1, -0.05) is 11.2 Å². The molecule has 0 bridgehead atoms. The molecule has 23 heavy (non-hydrogen) atoms. The molecule has 0 atom stereocenters. The van der Waals surface area contributed by atoms with Crippen molar-refractivity contribution in [2.75, 3.05) is 5.32 Å². The first-order valence-electron chi connectivity index (χ1n) is 7.16. The van der Waals surface area contributed by atoms with Crippen LogP contribution in [0, 0.1) is 17.0 Å². The minimum atomic E-state index is -0.500. The van der Waals surface area contributed by atoms with Gasteiger partial charge in [0.25, 0.3) is 5.69 Å². The molecule has 0 unspecified atom stereocenters. The molecule has 1 aromatic carbocycles. The normalized spacial score (nSPS) is 13.6. The Labute approximate surface area is 131 Å². The van der Waals surface area contributed by atoms with Crippen molar-refractivity contribution in [3.8, 4) is 0 Å². The predicted octanol–water partition coefficient (Wildman–Crippen LogP) is 2.49. The average molecular weight is 317 g/mol. The summed E-state index contributed by atoms with van der Waals surface area (Å²) in [7, 11) is 0. The van der Waals surface area contributed by atoms with E-state index in [9.17, 15) is 14.9 Å². The number of aromatic nitrogens is 2. The Morgan fingerprint density at radius 2 is 2.26 bits per heavy atom. The van der Waals surface area contributed by atoms with Gasteiger partial charge in [-0.15, -0.1) is 0 Å². The maximum atomic E-state index is 11.9. The first-order valence-corrected chi connectivity index (χ1v) is 7.16. The van der Waals surface area contributed by atoms with Crippen molar-refractivity contribution < 1.29 is 14.2 Å². The summed E-state index contributed by atoms with van der Waals surface area (Å²) >= 11 is 0. The van der Waals surface area contributed by atoms with E-state index >= 15 is 0 Å². The zero-order chi connectivity index (χ0) is 16.4. The van der Waals surface area contributed by atoms with Gasteiger partial charge in [-0.25, -0.2) is 4.79 Å². The van der Waals surface area contributed by atoms with Gasteiger partial charge in [-0.3, -0.25) is 10.1 Å². The van der Waals surface area contributed by atoms with Crippen molar-refractivity contribution in [2.45, 2.75) is 32.2 Å². The second-order valence-corrected chi connectivity index (χ2v) is 5.34. The van der Waals surface area contributed by atoms with Gasteiger partial charge in [-0.05, 0) is 25.8 Å². The number of urea groups is 1. The first-order chi connectivity index (χ1) is 11.0. The second-order valence-electron chi connectivity index (χ2n) is 5.34. The number of anilines is 1. The molecule has 1 saturated carbocycles. The fourth-order valence-corrected chi connectivity index (χ4v) is 2.13. The predicted molar refractivity (Wildman–Crippen MR) is 80.0 cm³/mol. The molecule has 1 aliphatic carbocycles. The molecule has 0 saturated heterocycles. The Morgan fingerprint density at radius 3 is 2.96 bits per heavy atom. The molecule has 3 rings (SSSR count). The number of nitro groups is 1. The van der Waals surface area contributed by atoms with E-state index in [4.69, 9.17) is 4.52 Å². The fraction of sp³-hybridized carbons (Fsp3) is 0.357. The average Bonchev–Trinajstić information content (AvgIpc) is 3.26. The van der Waals surface area contributed by atoms with Crippen LogP contribution in [0.2, 0.25) is 0 Å². The van der Waals surface area contributed by atoms with E-state index in [0.29, 0.717) is 28.9 Å². The number of nitrogens with one attached hydrogen (secondary N) is 2. The maximum Gasteiger partial charge on any atom is 0.319 e. The SMILES string of the molecule is Cc1c(NC(=O)NCc2nc(C3CC3)no2)cccc1[N+](=O)[O-]. The van der Waals surface area contributed by atoms with E-state index in [1.54, 1.807) is 13.0 Å². The molecule has 2 amide bonds. The smallest absolute Gasteiger partial charge is 0.319 e. The molecule has 9 heteroatoms. The topological polar surface area (TPSA) is 123 Å². The number of amides is 2. The Kier molecular flexibility index (Phi) is 3.92. The molecule has 1 fully saturated rings. The van der Waals surface area contributed by atoms with E-state index in [2.05, 4.69) is 20.8 Å². The third-order valence-corrected chi connectivity index (χ3v) is 3.58. The molecule has 0 aliphatic heterocycles. The van der Waals surface area contributed by atoms with E-state index in [0.717, 1.165) is 12.8 Å². The van der Waals surface area contributed by atoms with Crippen LogP contribution in [0.1, 0.15) is 36.0 Å². The van der Waals surface area contributed by atoms with Crippen LogP contribution >= 0.6 is 0 Å². The second kappa shape index (κ2) is 6.03. The van der Waals surface area contributed by atoms with Crippen LogP contribution < -0.4 is 10.6 Å². The highest BCUT2D eigenvalue weighted by molar-refractivity contribution is 5.90. The van der Waals surface area contributed by atoms with E-state index in [-0.39, 0.29) is 12.2 Å². The summed E-state index contributed by atoms with van der Waals surface area (Å²) in [4.78, 5) is 26.5. The van der Waals surface area contributed by atoms with Crippen LogP contribution in [0.15, 0.2) is 22.7 Å². The summed E-state index contributed by atoms with van der Waals surface area (Å²) in [5.41, 5.74) is 0.719. The molecule has 1 aromatic heterocycles. The molecule has 1 heterocycles. The highest BCUT2D eigenvalue weighted by Crippen LogP contribution is 2.38. The molecular weight excluding hydrogens is 302 g/mol. The lowest BCUT2D eigenvalue weighted by Gasteiger charge is -2.08. The Morgan fingerprint density at radius 1 is 1.48 bits per heavy atom. The fourth-order valence-electron chi connectivity index (χ4n) is 2.13. The zero-order valence-corrected chi connectivity index (χ0v) is 12.4. The van der Waals surface area contributed by atoms with E-state index in [1.165, 1.54) is 12.1 Å². The number of carbonyl (C=O) groups excluding carboxylic acids is 1. The number of hydrogen-bond donors (Lipinski definition) is 2. The van der Waals surface area contributed by atoms with Gasteiger partial charge in [0.2, 0.25) is 5.89 Å². The van der Waals surface area contributed by atoms with Gasteiger partial charge in [0, 0.05) is 12.0 Å². The molecule has 2 N–H and O–H groups in total. The molecule has 2 aromatic rings. The minimum Gasteiger partial charge on any atom is -0.337 e. The molecule has 1 aliphatic rings. The number of hydrogen-bond acceptors (Lipinski definition) is 6. The summed E-state index contributed by atoms with van der Waals surface area (Å²) in [6, 6.07) is 4.00. The molecular formula is C14H15N5O4. The van der Waals surface area contributed by atoms with Crippen LogP contribution in [-0.2, 0) is 6.54 Å². The van der Waals surface area contributed by atoms with Crippen molar-refractivity contribution in [3.63, 3.8) is 0 Å². The number of rotatable bonds is 5. The van der Waals surface area contributed by atoms with Crippen LogP contribution in [0.25, 0.3) is 0 Å². The molecule has 0 spiro atoms. The van der Waals surface area contributed by atoms with Crippen LogP contribution in [0.3, 0.4) is 0 Å². The third-order valence-electron chi connectivity index (χ3n) is 3.58. The van der Waals surface area contributed by atoms with Crippen molar-refractivity contribution in [1.82, 2.24) is 15.5 Å². The zero-order valence-electron chi connectivity index (χ0n) is 12.4. The van der Waals surface area contributed by atoms with Crippen molar-refractivity contribution in [2.24, 2.45) is 0 Å². The lowest BCUT2D eigenvalue weighted by molar-refractivity contribution is -0.385. The summed E-state index contributed by atoms with van der Waals surface area (Å²) in [6.45, 7) is 1.67. The van der Waals surface area contributed by atoms with Gasteiger partial charge in [0.05, 0.1) is 22.7 Å². The number of nitrogens with zero attached hydrogens (tertiary/aromatic N) is 3. The quantitative estimate of drug-likeness (QED) is 0.645. The number of benzene rings is 1. The molecule has 0 radical (unpaired) electrons. The monoisotopic (exact) mass is 317 g/mol.